The summed E-state index contributed by atoms with van der Waals surface area (Å²) in [6.45, 7) is 1.74. The molecular weight excluding hydrogens is 320 g/mol. The summed E-state index contributed by atoms with van der Waals surface area (Å²) in [5.74, 6) is 1.13. The van der Waals surface area contributed by atoms with Crippen molar-refractivity contribution in [3.05, 3.63) is 24.3 Å². The molecule has 1 aromatic carbocycles. The first kappa shape index (κ1) is 19.3. The molecule has 0 aromatic heterocycles. The topological polar surface area (TPSA) is 50.4 Å². The summed E-state index contributed by atoms with van der Waals surface area (Å²) in [6, 6.07) is 8.02. The fourth-order valence-electron chi connectivity index (χ4n) is 2.33. The van der Waals surface area contributed by atoms with Crippen molar-refractivity contribution in [1.29, 1.82) is 0 Å². The van der Waals surface area contributed by atoms with Crippen molar-refractivity contribution in [3.8, 4) is 0 Å². The first-order valence-electron chi connectivity index (χ1n) is 7.55. The highest BCUT2D eigenvalue weighted by atomic mass is 35.5. The summed E-state index contributed by atoms with van der Waals surface area (Å²) in [5.41, 5.74) is 0.869. The molecule has 1 saturated heterocycles. The minimum absolute atomic E-state index is 0. The van der Waals surface area contributed by atoms with Crippen LogP contribution in [-0.4, -0.2) is 38.0 Å². The summed E-state index contributed by atoms with van der Waals surface area (Å²) in [4.78, 5) is 13.3. The molecule has 1 aliphatic rings. The molecule has 0 bridgehead atoms. The zero-order valence-corrected chi connectivity index (χ0v) is 14.6. The van der Waals surface area contributed by atoms with Crippen molar-refractivity contribution in [3.63, 3.8) is 0 Å². The van der Waals surface area contributed by atoms with Crippen LogP contribution in [0.5, 0.6) is 0 Å². The molecular formula is C16H25ClN2O2S. The Balaban J connectivity index is 0.00000242. The van der Waals surface area contributed by atoms with Crippen LogP contribution in [0, 0.1) is 0 Å². The minimum Gasteiger partial charge on any atom is -0.385 e. The van der Waals surface area contributed by atoms with E-state index in [1.807, 2.05) is 23.9 Å². The van der Waals surface area contributed by atoms with Crippen LogP contribution < -0.4 is 10.6 Å². The molecule has 1 aromatic rings. The highest BCUT2D eigenvalue weighted by molar-refractivity contribution is 7.99. The number of carbonyl (C=O) groups excluding carboxylic acids is 1. The predicted molar refractivity (Wildman–Crippen MR) is 95.2 cm³/mol. The molecule has 0 spiro atoms. The monoisotopic (exact) mass is 344 g/mol. The maximum Gasteiger partial charge on any atom is 0.241 e. The average molecular weight is 345 g/mol. The van der Waals surface area contributed by atoms with Crippen molar-refractivity contribution >= 4 is 35.8 Å². The Morgan fingerprint density at radius 2 is 2.14 bits per heavy atom. The number of rotatable bonds is 7. The Kier molecular flexibility index (Phi) is 9.55. The summed E-state index contributed by atoms with van der Waals surface area (Å²) >= 11 is 1.81. The van der Waals surface area contributed by atoms with Crippen LogP contribution in [0.25, 0.3) is 0 Å². The molecule has 1 amide bonds. The summed E-state index contributed by atoms with van der Waals surface area (Å²) in [7, 11) is 1.73. The molecule has 1 heterocycles. The lowest BCUT2D eigenvalue weighted by Gasteiger charge is -2.22. The predicted octanol–water partition coefficient (Wildman–Crippen LogP) is 3.32. The normalized spacial score (nSPS) is 17.6. The van der Waals surface area contributed by atoms with Gasteiger partial charge in [0.2, 0.25) is 5.91 Å². The molecule has 4 nitrogen and oxygen atoms in total. The molecule has 2 N–H and O–H groups in total. The highest BCUT2D eigenvalue weighted by Crippen LogP contribution is 2.21. The molecule has 0 saturated carbocycles. The number of anilines is 1. The molecule has 124 valence electrons. The number of piperidine rings is 1. The fraction of sp³-hybridized carbons (Fsp3) is 0.562. The van der Waals surface area contributed by atoms with E-state index in [0.717, 1.165) is 43.9 Å². The molecule has 1 atom stereocenters. The van der Waals surface area contributed by atoms with Crippen molar-refractivity contribution in [2.45, 2.75) is 36.6 Å². The van der Waals surface area contributed by atoms with Gasteiger partial charge in [0.05, 0.1) is 6.04 Å². The number of ether oxygens (including phenoxy) is 1. The molecule has 22 heavy (non-hydrogen) atoms. The molecule has 0 radical (unpaired) electrons. The zero-order valence-electron chi connectivity index (χ0n) is 13.0. The standard InChI is InChI=1S/C16H24N2O2S.ClH/c1-20-11-4-12-21-14-8-6-13(7-9-14)18-16(19)15-5-2-3-10-17-15;/h6-9,15,17H,2-5,10-12H2,1H3,(H,18,19);1H. The van der Waals surface area contributed by atoms with Gasteiger partial charge in [0.15, 0.2) is 0 Å². The third-order valence-corrected chi connectivity index (χ3v) is 4.61. The number of benzene rings is 1. The quantitative estimate of drug-likeness (QED) is 0.588. The summed E-state index contributed by atoms with van der Waals surface area (Å²) in [5, 5.41) is 6.25. The molecule has 1 fully saturated rings. The summed E-state index contributed by atoms with van der Waals surface area (Å²) < 4.78 is 5.03. The van der Waals surface area contributed by atoms with Crippen LogP contribution in [0.1, 0.15) is 25.7 Å². The lowest BCUT2D eigenvalue weighted by Crippen LogP contribution is -2.43. The molecule has 0 aliphatic carbocycles. The number of hydrogen-bond acceptors (Lipinski definition) is 4. The lowest BCUT2D eigenvalue weighted by molar-refractivity contribution is -0.118. The van der Waals surface area contributed by atoms with Crippen LogP contribution in [0.4, 0.5) is 5.69 Å². The van der Waals surface area contributed by atoms with E-state index in [4.69, 9.17) is 4.74 Å². The fourth-order valence-corrected chi connectivity index (χ4v) is 3.16. The van der Waals surface area contributed by atoms with Crippen LogP contribution in [0.3, 0.4) is 0 Å². The Morgan fingerprint density at radius 3 is 2.77 bits per heavy atom. The number of methoxy groups -OCH3 is 1. The Labute approximate surface area is 143 Å². The van der Waals surface area contributed by atoms with E-state index in [9.17, 15) is 4.79 Å². The molecule has 1 unspecified atom stereocenters. The SMILES string of the molecule is COCCCSc1ccc(NC(=O)C2CCCCN2)cc1.Cl. The maximum atomic E-state index is 12.1. The van der Waals surface area contributed by atoms with Gasteiger partial charge in [-0.15, -0.1) is 24.2 Å². The molecule has 6 heteroatoms. The number of hydrogen-bond donors (Lipinski definition) is 2. The van der Waals surface area contributed by atoms with Crippen molar-refractivity contribution in [2.24, 2.45) is 0 Å². The number of halogens is 1. The van der Waals surface area contributed by atoms with E-state index in [1.165, 1.54) is 11.3 Å². The second-order valence-electron chi connectivity index (χ2n) is 5.21. The van der Waals surface area contributed by atoms with E-state index in [2.05, 4.69) is 22.8 Å². The van der Waals surface area contributed by atoms with Gasteiger partial charge in [0.1, 0.15) is 0 Å². The third kappa shape index (κ3) is 6.57. The largest absolute Gasteiger partial charge is 0.385 e. The number of carbonyl (C=O) groups is 1. The second kappa shape index (κ2) is 10.9. The van der Waals surface area contributed by atoms with Crippen molar-refractivity contribution < 1.29 is 9.53 Å². The Hall–Kier alpha value is -0.750. The third-order valence-electron chi connectivity index (χ3n) is 3.51. The number of amides is 1. The zero-order chi connectivity index (χ0) is 14.9. The number of thioether (sulfide) groups is 1. The van der Waals surface area contributed by atoms with Gasteiger partial charge in [0.25, 0.3) is 0 Å². The van der Waals surface area contributed by atoms with Crippen molar-refractivity contribution in [1.82, 2.24) is 5.32 Å². The first-order valence-corrected chi connectivity index (χ1v) is 8.54. The van der Waals surface area contributed by atoms with E-state index in [1.54, 1.807) is 7.11 Å². The van der Waals surface area contributed by atoms with Gasteiger partial charge in [-0.2, -0.15) is 0 Å². The average Bonchev–Trinajstić information content (AvgIpc) is 2.54. The van der Waals surface area contributed by atoms with E-state index in [-0.39, 0.29) is 24.4 Å². The first-order chi connectivity index (χ1) is 10.3. The van der Waals surface area contributed by atoms with Gasteiger partial charge >= 0.3 is 0 Å². The highest BCUT2D eigenvalue weighted by Gasteiger charge is 2.20. The Bertz CT molecular complexity index is 436. The summed E-state index contributed by atoms with van der Waals surface area (Å²) in [6.07, 6.45) is 4.27. The van der Waals surface area contributed by atoms with Gasteiger partial charge in [-0.3, -0.25) is 4.79 Å². The maximum absolute atomic E-state index is 12.1. The number of nitrogens with one attached hydrogen (secondary N) is 2. The van der Waals surface area contributed by atoms with Gasteiger partial charge in [-0.1, -0.05) is 6.42 Å². The van der Waals surface area contributed by atoms with Crippen LogP contribution in [0.15, 0.2) is 29.2 Å². The van der Waals surface area contributed by atoms with Gasteiger partial charge < -0.3 is 15.4 Å². The molecule has 2 rings (SSSR count). The van der Waals surface area contributed by atoms with Crippen LogP contribution in [-0.2, 0) is 9.53 Å². The van der Waals surface area contributed by atoms with Crippen molar-refractivity contribution in [2.75, 3.05) is 31.3 Å². The smallest absolute Gasteiger partial charge is 0.241 e. The second-order valence-corrected chi connectivity index (χ2v) is 6.38. The lowest BCUT2D eigenvalue weighted by atomic mass is 10.0. The minimum atomic E-state index is -0.0400. The van der Waals surface area contributed by atoms with Gasteiger partial charge in [0, 0.05) is 30.1 Å². The van der Waals surface area contributed by atoms with E-state index >= 15 is 0 Å². The van der Waals surface area contributed by atoms with Crippen LogP contribution in [0.2, 0.25) is 0 Å². The molecule has 1 aliphatic heterocycles. The van der Waals surface area contributed by atoms with Gasteiger partial charge in [-0.25, -0.2) is 0 Å². The Morgan fingerprint density at radius 1 is 1.36 bits per heavy atom. The van der Waals surface area contributed by atoms with E-state index in [0.29, 0.717) is 0 Å². The van der Waals surface area contributed by atoms with E-state index < -0.39 is 0 Å². The van der Waals surface area contributed by atoms with Crippen LogP contribution >= 0.6 is 24.2 Å². The van der Waals surface area contributed by atoms with Gasteiger partial charge in [-0.05, 0) is 50.1 Å².